The van der Waals surface area contributed by atoms with Crippen LogP contribution in [0.4, 0.5) is 4.39 Å². The number of halogens is 1. The van der Waals surface area contributed by atoms with Crippen molar-refractivity contribution in [1.29, 1.82) is 0 Å². The second kappa shape index (κ2) is 6.33. The smallest absolute Gasteiger partial charge is 0.151 e. The molecule has 78 valence electrons. The molecule has 1 aliphatic rings. The molecule has 1 heterocycles. The molecule has 0 radical (unpaired) electrons. The van der Waals surface area contributed by atoms with Gasteiger partial charge in [0.2, 0.25) is 0 Å². The molecule has 1 fully saturated rings. The van der Waals surface area contributed by atoms with Gasteiger partial charge in [0.25, 0.3) is 0 Å². The highest BCUT2D eigenvalue weighted by Crippen LogP contribution is 2.18. The van der Waals surface area contributed by atoms with Gasteiger partial charge in [-0.2, -0.15) is 0 Å². The number of hydrogen-bond donors (Lipinski definition) is 2. The number of unbranched alkanes of at least 4 members (excludes halogenated alkanes) is 3. The minimum Gasteiger partial charge on any atom is -0.330 e. The molecule has 0 aliphatic carbocycles. The first kappa shape index (κ1) is 10.9. The fourth-order valence-corrected chi connectivity index (χ4v) is 1.89. The van der Waals surface area contributed by atoms with Crippen molar-refractivity contribution in [1.82, 2.24) is 5.32 Å². The molecular formula is C10H21FN2. The normalized spacial score (nSPS) is 28.2. The molecular weight excluding hydrogens is 167 g/mol. The molecule has 0 aromatic carbocycles. The van der Waals surface area contributed by atoms with Crippen LogP contribution in [0.5, 0.6) is 0 Å². The largest absolute Gasteiger partial charge is 0.330 e. The molecule has 1 aliphatic heterocycles. The van der Waals surface area contributed by atoms with E-state index < -0.39 is 6.30 Å². The van der Waals surface area contributed by atoms with E-state index in [4.69, 9.17) is 5.73 Å². The van der Waals surface area contributed by atoms with Crippen LogP contribution in [0, 0.1) is 0 Å². The van der Waals surface area contributed by atoms with E-state index in [1.165, 1.54) is 19.3 Å². The van der Waals surface area contributed by atoms with Gasteiger partial charge in [0, 0.05) is 6.04 Å². The van der Waals surface area contributed by atoms with Crippen LogP contribution in [0.2, 0.25) is 0 Å². The SMILES string of the molecule is NCCCCCCC1CCC(F)N1. The summed E-state index contributed by atoms with van der Waals surface area (Å²) in [6.45, 7) is 0.800. The van der Waals surface area contributed by atoms with E-state index in [0.29, 0.717) is 12.5 Å². The third kappa shape index (κ3) is 4.58. The maximum atomic E-state index is 12.7. The first-order valence-electron chi connectivity index (χ1n) is 5.43. The number of nitrogens with two attached hydrogens (primary N) is 1. The van der Waals surface area contributed by atoms with Crippen molar-refractivity contribution in [3.63, 3.8) is 0 Å². The van der Waals surface area contributed by atoms with Gasteiger partial charge in [-0.3, -0.25) is 5.32 Å². The summed E-state index contributed by atoms with van der Waals surface area (Å²) in [7, 11) is 0. The van der Waals surface area contributed by atoms with Crippen molar-refractivity contribution >= 4 is 0 Å². The van der Waals surface area contributed by atoms with E-state index in [1.54, 1.807) is 0 Å². The molecule has 0 saturated carbocycles. The van der Waals surface area contributed by atoms with Crippen molar-refractivity contribution in [2.45, 2.75) is 57.3 Å². The third-order valence-electron chi connectivity index (χ3n) is 2.69. The molecule has 0 aromatic heterocycles. The van der Waals surface area contributed by atoms with Crippen molar-refractivity contribution in [2.75, 3.05) is 6.54 Å². The summed E-state index contributed by atoms with van der Waals surface area (Å²) in [5.41, 5.74) is 5.39. The van der Waals surface area contributed by atoms with Crippen LogP contribution in [-0.2, 0) is 0 Å². The van der Waals surface area contributed by atoms with E-state index in [-0.39, 0.29) is 0 Å². The molecule has 1 rings (SSSR count). The lowest BCUT2D eigenvalue weighted by Gasteiger charge is -2.09. The zero-order chi connectivity index (χ0) is 9.52. The van der Waals surface area contributed by atoms with Crippen LogP contribution in [0.3, 0.4) is 0 Å². The van der Waals surface area contributed by atoms with Gasteiger partial charge in [-0.05, 0) is 32.2 Å². The van der Waals surface area contributed by atoms with Gasteiger partial charge >= 0.3 is 0 Å². The van der Waals surface area contributed by atoms with Crippen LogP contribution in [-0.4, -0.2) is 18.9 Å². The summed E-state index contributed by atoms with van der Waals surface area (Å²) >= 11 is 0. The molecule has 2 atom stereocenters. The predicted octanol–water partition coefficient (Wildman–Crippen LogP) is 1.94. The zero-order valence-electron chi connectivity index (χ0n) is 8.27. The monoisotopic (exact) mass is 188 g/mol. The maximum Gasteiger partial charge on any atom is 0.151 e. The highest BCUT2D eigenvalue weighted by atomic mass is 19.1. The Morgan fingerprint density at radius 2 is 1.92 bits per heavy atom. The molecule has 0 spiro atoms. The van der Waals surface area contributed by atoms with Gasteiger partial charge in [0.1, 0.15) is 0 Å². The van der Waals surface area contributed by atoms with Gasteiger partial charge in [0.05, 0.1) is 0 Å². The van der Waals surface area contributed by atoms with E-state index in [1.807, 2.05) is 0 Å². The maximum absolute atomic E-state index is 12.7. The average Bonchev–Trinajstić information content (AvgIpc) is 2.51. The van der Waals surface area contributed by atoms with E-state index in [2.05, 4.69) is 5.32 Å². The molecule has 0 aromatic rings. The van der Waals surface area contributed by atoms with E-state index in [0.717, 1.165) is 25.8 Å². The van der Waals surface area contributed by atoms with Crippen molar-refractivity contribution < 1.29 is 4.39 Å². The lowest BCUT2D eigenvalue weighted by atomic mass is 10.1. The zero-order valence-corrected chi connectivity index (χ0v) is 8.27. The van der Waals surface area contributed by atoms with E-state index in [9.17, 15) is 4.39 Å². The second-order valence-corrected chi connectivity index (χ2v) is 3.90. The van der Waals surface area contributed by atoms with Crippen LogP contribution >= 0.6 is 0 Å². The topological polar surface area (TPSA) is 38.0 Å². The lowest BCUT2D eigenvalue weighted by Crippen LogP contribution is -2.25. The summed E-state index contributed by atoms with van der Waals surface area (Å²) in [5, 5.41) is 2.95. The highest BCUT2D eigenvalue weighted by Gasteiger charge is 2.21. The Hall–Kier alpha value is -0.150. The van der Waals surface area contributed by atoms with Gasteiger partial charge in [-0.25, -0.2) is 4.39 Å². The molecule has 2 unspecified atom stereocenters. The Balaban J connectivity index is 1.88. The van der Waals surface area contributed by atoms with Crippen molar-refractivity contribution in [2.24, 2.45) is 5.73 Å². The number of nitrogens with one attached hydrogen (secondary N) is 1. The Morgan fingerprint density at radius 3 is 2.54 bits per heavy atom. The highest BCUT2D eigenvalue weighted by molar-refractivity contribution is 4.77. The Bertz CT molecular complexity index is 130. The summed E-state index contributed by atoms with van der Waals surface area (Å²) in [5.74, 6) is 0. The first-order valence-corrected chi connectivity index (χ1v) is 5.43. The quantitative estimate of drug-likeness (QED) is 0.494. The standard InChI is InChI=1S/C10H21FN2/c11-10-7-6-9(13-10)5-3-1-2-4-8-12/h9-10,13H,1-8,12H2. The summed E-state index contributed by atoms with van der Waals surface area (Å²) < 4.78 is 12.7. The fourth-order valence-electron chi connectivity index (χ4n) is 1.89. The van der Waals surface area contributed by atoms with Crippen molar-refractivity contribution in [3.05, 3.63) is 0 Å². The van der Waals surface area contributed by atoms with Crippen LogP contribution < -0.4 is 11.1 Å². The van der Waals surface area contributed by atoms with Gasteiger partial charge in [0.15, 0.2) is 6.30 Å². The van der Waals surface area contributed by atoms with Gasteiger partial charge < -0.3 is 5.73 Å². The molecule has 2 nitrogen and oxygen atoms in total. The second-order valence-electron chi connectivity index (χ2n) is 3.90. The number of rotatable bonds is 6. The minimum absolute atomic E-state index is 0.438. The number of hydrogen-bond acceptors (Lipinski definition) is 2. The number of alkyl halides is 1. The molecule has 3 N–H and O–H groups in total. The Morgan fingerprint density at radius 1 is 1.15 bits per heavy atom. The van der Waals surface area contributed by atoms with Crippen molar-refractivity contribution in [3.8, 4) is 0 Å². The van der Waals surface area contributed by atoms with Gasteiger partial charge in [-0.15, -0.1) is 0 Å². The molecule has 0 amide bonds. The minimum atomic E-state index is -0.742. The predicted molar refractivity (Wildman–Crippen MR) is 53.2 cm³/mol. The Labute approximate surface area is 80.1 Å². The summed E-state index contributed by atoms with van der Waals surface area (Å²) in [6.07, 6.45) is 6.91. The summed E-state index contributed by atoms with van der Waals surface area (Å²) in [4.78, 5) is 0. The third-order valence-corrected chi connectivity index (χ3v) is 2.69. The molecule has 13 heavy (non-hydrogen) atoms. The van der Waals surface area contributed by atoms with Crippen LogP contribution in [0.15, 0.2) is 0 Å². The molecule has 1 saturated heterocycles. The van der Waals surface area contributed by atoms with Crippen LogP contribution in [0.25, 0.3) is 0 Å². The fraction of sp³-hybridized carbons (Fsp3) is 1.00. The summed E-state index contributed by atoms with van der Waals surface area (Å²) in [6, 6.07) is 0.438. The molecule has 3 heteroatoms. The average molecular weight is 188 g/mol. The van der Waals surface area contributed by atoms with E-state index >= 15 is 0 Å². The first-order chi connectivity index (χ1) is 6.33. The Kier molecular flexibility index (Phi) is 5.32. The molecule has 0 bridgehead atoms. The van der Waals surface area contributed by atoms with Crippen LogP contribution in [0.1, 0.15) is 44.9 Å². The lowest BCUT2D eigenvalue weighted by molar-refractivity contribution is 0.295. The van der Waals surface area contributed by atoms with Gasteiger partial charge in [-0.1, -0.05) is 19.3 Å².